The van der Waals surface area contributed by atoms with Crippen molar-refractivity contribution in [1.29, 1.82) is 0 Å². The van der Waals surface area contributed by atoms with Crippen LogP contribution in [0.3, 0.4) is 0 Å². The van der Waals surface area contributed by atoms with E-state index in [0.29, 0.717) is 28.0 Å². The van der Waals surface area contributed by atoms with Crippen LogP contribution in [0, 0.1) is 23.6 Å². The van der Waals surface area contributed by atoms with Crippen molar-refractivity contribution in [1.82, 2.24) is 19.9 Å². The van der Waals surface area contributed by atoms with E-state index in [1.54, 1.807) is 12.3 Å². The predicted octanol–water partition coefficient (Wildman–Crippen LogP) is 4.29. The molecule has 9 heteroatoms. The summed E-state index contributed by atoms with van der Waals surface area (Å²) in [5.41, 5.74) is 6.75. The normalized spacial score (nSPS) is 22.9. The second kappa shape index (κ2) is 7.94. The molecule has 3 aliphatic carbocycles. The van der Waals surface area contributed by atoms with Gasteiger partial charge in [-0.2, -0.15) is 0 Å². The van der Waals surface area contributed by atoms with Gasteiger partial charge in [0.05, 0.1) is 17.1 Å². The van der Waals surface area contributed by atoms with Crippen molar-refractivity contribution in [3.63, 3.8) is 0 Å². The Labute approximate surface area is 171 Å². The summed E-state index contributed by atoms with van der Waals surface area (Å²) in [6.45, 7) is 0. The molecule has 3 fully saturated rings. The Kier molecular flexibility index (Phi) is 5.36. The number of aromatic amines is 1. The molecule has 3 heterocycles. The Morgan fingerprint density at radius 3 is 2.59 bits per heavy atom. The van der Waals surface area contributed by atoms with Crippen molar-refractivity contribution in [3.8, 4) is 11.4 Å². The van der Waals surface area contributed by atoms with Crippen LogP contribution in [0.5, 0.6) is 0 Å². The fraction of sp³-hybridized carbons (Fsp3) is 0.400. The largest absolute Gasteiger partial charge is 0.481 e. The average molecular weight is 418 g/mol. The van der Waals surface area contributed by atoms with Gasteiger partial charge in [0, 0.05) is 23.3 Å². The number of carboxylic acids is 1. The Bertz CT molecular complexity index is 1050. The molecule has 2 bridgehead atoms. The number of nitrogens with one attached hydrogen (secondary N) is 1. The third-order valence-corrected chi connectivity index (χ3v) is 6.08. The van der Waals surface area contributed by atoms with E-state index in [0.717, 1.165) is 23.9 Å². The topological polar surface area (TPSA) is 118 Å². The summed E-state index contributed by atoms with van der Waals surface area (Å²) in [4.78, 5) is 25.6. The predicted molar refractivity (Wildman–Crippen MR) is 108 cm³/mol. The molecule has 152 valence electrons. The highest BCUT2D eigenvalue weighted by atomic mass is 35.5. The van der Waals surface area contributed by atoms with E-state index in [-0.39, 0.29) is 11.7 Å². The van der Waals surface area contributed by atoms with Gasteiger partial charge in [0.25, 0.3) is 0 Å². The zero-order valence-electron chi connectivity index (χ0n) is 15.6. The number of anilines is 1. The summed E-state index contributed by atoms with van der Waals surface area (Å²) in [6, 6.07) is 1.73. The number of rotatable bonds is 2. The first-order chi connectivity index (χ1) is 13.9. The van der Waals surface area contributed by atoms with Gasteiger partial charge < -0.3 is 15.8 Å². The van der Waals surface area contributed by atoms with Crippen LogP contribution < -0.4 is 5.73 Å². The van der Waals surface area contributed by atoms with Crippen LogP contribution in [0.1, 0.15) is 32.1 Å². The fourth-order valence-corrected chi connectivity index (χ4v) is 4.51. The molecule has 0 radical (unpaired) electrons. The lowest BCUT2D eigenvalue weighted by Crippen LogP contribution is -2.35. The first kappa shape index (κ1) is 19.6. The Hall–Kier alpha value is -2.74. The zero-order valence-corrected chi connectivity index (χ0v) is 16.4. The van der Waals surface area contributed by atoms with Crippen molar-refractivity contribution in [2.45, 2.75) is 32.1 Å². The minimum atomic E-state index is -0.644. The molecule has 0 spiro atoms. The Morgan fingerprint density at radius 2 is 2.00 bits per heavy atom. The number of H-pyrrole nitrogens is 1. The molecular weight excluding hydrogens is 397 g/mol. The second-order valence-electron chi connectivity index (χ2n) is 7.64. The maximum Gasteiger partial charge on any atom is 0.306 e. The third kappa shape index (κ3) is 4.03. The van der Waals surface area contributed by atoms with E-state index in [2.05, 4.69) is 19.9 Å². The number of hydrogen-bond donors (Lipinski definition) is 3. The highest BCUT2D eigenvalue weighted by molar-refractivity contribution is 6.31. The molecule has 3 aliphatic rings. The molecule has 1 atom stereocenters. The molecule has 3 saturated carbocycles. The van der Waals surface area contributed by atoms with Crippen LogP contribution in [0.15, 0.2) is 24.7 Å². The first-order valence-corrected chi connectivity index (χ1v) is 9.94. The van der Waals surface area contributed by atoms with Gasteiger partial charge in [-0.15, -0.1) is 0 Å². The molecule has 4 N–H and O–H groups in total. The molecular formula is C20H21ClFN5O2. The number of carboxylic acid groups (broad SMARTS) is 1. The third-order valence-electron chi connectivity index (χ3n) is 5.87. The molecule has 0 amide bonds. The SMILES string of the molecule is Nc1nc(-c2c[nH]c3ncc(Cl)cc23)ncc1F.O=C(O)[C@@H]1CC2CCC1CC2. The lowest BCUT2D eigenvalue weighted by molar-refractivity contribution is -0.147. The van der Waals surface area contributed by atoms with Gasteiger partial charge in [0.2, 0.25) is 0 Å². The maximum atomic E-state index is 13.0. The number of nitrogens with two attached hydrogens (primary N) is 1. The van der Waals surface area contributed by atoms with Crippen molar-refractivity contribution >= 4 is 34.4 Å². The van der Waals surface area contributed by atoms with E-state index in [9.17, 15) is 9.18 Å². The van der Waals surface area contributed by atoms with Crippen molar-refractivity contribution < 1.29 is 14.3 Å². The van der Waals surface area contributed by atoms with Gasteiger partial charge in [0.15, 0.2) is 17.5 Å². The first-order valence-electron chi connectivity index (χ1n) is 9.56. The molecule has 0 unspecified atom stereocenters. The van der Waals surface area contributed by atoms with E-state index < -0.39 is 11.8 Å². The zero-order chi connectivity index (χ0) is 20.5. The van der Waals surface area contributed by atoms with Gasteiger partial charge in [-0.05, 0) is 37.2 Å². The van der Waals surface area contributed by atoms with E-state index in [1.165, 1.54) is 31.9 Å². The average Bonchev–Trinajstić information content (AvgIpc) is 3.14. The highest BCUT2D eigenvalue weighted by Crippen LogP contribution is 2.44. The lowest BCUT2D eigenvalue weighted by atomic mass is 9.65. The number of aliphatic carboxylic acids is 1. The fourth-order valence-electron chi connectivity index (χ4n) is 4.35. The summed E-state index contributed by atoms with van der Waals surface area (Å²) >= 11 is 5.89. The van der Waals surface area contributed by atoms with Gasteiger partial charge in [-0.25, -0.2) is 19.3 Å². The quantitative estimate of drug-likeness (QED) is 0.572. The van der Waals surface area contributed by atoms with Crippen molar-refractivity contribution in [2.75, 3.05) is 5.73 Å². The van der Waals surface area contributed by atoms with Gasteiger partial charge >= 0.3 is 5.97 Å². The monoisotopic (exact) mass is 417 g/mol. The maximum absolute atomic E-state index is 13.0. The number of fused-ring (bicyclic) bond motifs is 4. The van der Waals surface area contributed by atoms with Crippen LogP contribution in [0.4, 0.5) is 10.2 Å². The number of nitrogens with zero attached hydrogens (tertiary/aromatic N) is 3. The summed E-state index contributed by atoms with van der Waals surface area (Å²) in [5, 5.41) is 10.1. The number of nitrogen functional groups attached to an aromatic ring is 1. The second-order valence-corrected chi connectivity index (χ2v) is 8.08. The molecule has 3 aromatic rings. The number of carbonyl (C=O) groups is 1. The molecule has 3 aromatic heterocycles. The smallest absolute Gasteiger partial charge is 0.306 e. The van der Waals surface area contributed by atoms with Crippen LogP contribution >= 0.6 is 11.6 Å². The van der Waals surface area contributed by atoms with Gasteiger partial charge in [-0.3, -0.25) is 4.79 Å². The summed E-state index contributed by atoms with van der Waals surface area (Å²) in [5.74, 6) is 0.184. The van der Waals surface area contributed by atoms with Crippen LogP contribution in [0.25, 0.3) is 22.4 Å². The molecule has 0 aliphatic heterocycles. The Balaban J connectivity index is 0.000000159. The minimum absolute atomic E-state index is 0.00231. The number of aromatic nitrogens is 4. The van der Waals surface area contributed by atoms with Crippen LogP contribution in [-0.2, 0) is 4.79 Å². The summed E-state index contributed by atoms with van der Waals surface area (Å²) in [7, 11) is 0. The minimum Gasteiger partial charge on any atom is -0.481 e. The summed E-state index contributed by atoms with van der Waals surface area (Å²) in [6.07, 6.45) is 10.1. The van der Waals surface area contributed by atoms with Crippen LogP contribution in [0.2, 0.25) is 5.02 Å². The molecule has 0 aromatic carbocycles. The highest BCUT2D eigenvalue weighted by Gasteiger charge is 2.39. The summed E-state index contributed by atoms with van der Waals surface area (Å²) < 4.78 is 13.0. The van der Waals surface area contributed by atoms with E-state index in [4.69, 9.17) is 22.4 Å². The van der Waals surface area contributed by atoms with Gasteiger partial charge in [0.1, 0.15) is 5.65 Å². The molecule has 7 nitrogen and oxygen atoms in total. The molecule has 6 rings (SSSR count). The number of halogens is 2. The Morgan fingerprint density at radius 1 is 1.24 bits per heavy atom. The molecule has 0 saturated heterocycles. The lowest BCUT2D eigenvalue weighted by Gasteiger charge is -2.40. The number of pyridine rings is 1. The molecule has 29 heavy (non-hydrogen) atoms. The van der Waals surface area contributed by atoms with E-state index in [1.807, 2.05) is 0 Å². The van der Waals surface area contributed by atoms with Gasteiger partial charge in [-0.1, -0.05) is 24.4 Å². The van der Waals surface area contributed by atoms with Crippen LogP contribution in [-0.4, -0.2) is 31.0 Å². The standard InChI is InChI=1S/C11H7ClFN5.C9H14O2/c12-5-1-6-7(3-16-10(6)15-2-5)11-17-4-8(13)9(14)18-11;10-9(11)8-5-6-1-3-7(8)4-2-6/h1-4H,(H,15,16)(H2,14,17,18);6-8H,1-5H2,(H,10,11)/t;6?,7?,8-/m.1/s1. The van der Waals surface area contributed by atoms with Crippen molar-refractivity contribution in [2.24, 2.45) is 17.8 Å². The van der Waals surface area contributed by atoms with E-state index >= 15 is 0 Å². The van der Waals surface area contributed by atoms with Crippen molar-refractivity contribution in [3.05, 3.63) is 35.5 Å². The number of hydrogen-bond acceptors (Lipinski definition) is 5.